The number of carbonyl (C=O) groups excluding carboxylic acids is 2. The Kier molecular flexibility index (Phi) is 8.27. The van der Waals surface area contributed by atoms with Crippen LogP contribution < -0.4 is 9.47 Å². The van der Waals surface area contributed by atoms with Crippen LogP contribution >= 0.6 is 0 Å². The first-order chi connectivity index (χ1) is 15.1. The summed E-state index contributed by atoms with van der Waals surface area (Å²) in [6, 6.07) is 7.08. The molecule has 0 spiro atoms. The Balaban J connectivity index is 1.71. The molecule has 2 heterocycles. The molecule has 3 rings (SSSR count). The summed E-state index contributed by atoms with van der Waals surface area (Å²) in [5, 5.41) is 9.48. The zero-order chi connectivity index (χ0) is 22.1. The minimum atomic E-state index is -0.319. The second kappa shape index (κ2) is 11.3. The minimum absolute atomic E-state index is 0.0421. The van der Waals surface area contributed by atoms with Gasteiger partial charge in [0.25, 0.3) is 11.8 Å². The van der Waals surface area contributed by atoms with Gasteiger partial charge in [0.1, 0.15) is 11.6 Å². The Labute approximate surface area is 181 Å². The van der Waals surface area contributed by atoms with Gasteiger partial charge in [-0.1, -0.05) is 6.07 Å². The summed E-state index contributed by atoms with van der Waals surface area (Å²) in [5.74, 6) is 0.443. The van der Waals surface area contributed by atoms with Crippen molar-refractivity contribution in [3.63, 3.8) is 0 Å². The largest absolute Gasteiger partial charge is 0.490 e. The molecule has 1 aromatic carbocycles. The standard InChI is InChI=1S/C22H27N3O6/c1-2-30-20-14-17(13-18(15-23)22(27)25-7-11-29-12-8-25)3-4-19(20)31-16-21(26)24-5-9-28-10-6-24/h3-4,13-14H,2,5-12,16H2,1H3/b18-13-. The summed E-state index contributed by atoms with van der Waals surface area (Å²) < 4.78 is 21.9. The quantitative estimate of drug-likeness (QED) is 0.472. The summed E-state index contributed by atoms with van der Waals surface area (Å²) in [6.07, 6.45) is 1.53. The van der Waals surface area contributed by atoms with E-state index in [1.54, 1.807) is 28.0 Å². The number of morpholine rings is 2. The highest BCUT2D eigenvalue weighted by Crippen LogP contribution is 2.29. The lowest BCUT2D eigenvalue weighted by Gasteiger charge is -2.27. The first-order valence-corrected chi connectivity index (χ1v) is 10.4. The van der Waals surface area contributed by atoms with Crippen molar-refractivity contribution in [2.45, 2.75) is 6.92 Å². The molecule has 31 heavy (non-hydrogen) atoms. The Bertz CT molecular complexity index is 851. The molecule has 9 heteroatoms. The van der Waals surface area contributed by atoms with E-state index >= 15 is 0 Å². The van der Waals surface area contributed by atoms with Crippen molar-refractivity contribution < 1.29 is 28.5 Å². The van der Waals surface area contributed by atoms with Gasteiger partial charge < -0.3 is 28.7 Å². The van der Waals surface area contributed by atoms with E-state index in [-0.39, 0.29) is 24.0 Å². The number of benzene rings is 1. The molecule has 0 N–H and O–H groups in total. The SMILES string of the molecule is CCOc1cc(/C=C(/C#N)C(=O)N2CCOCC2)ccc1OCC(=O)N1CCOCC1. The predicted molar refractivity (Wildman–Crippen MR) is 111 cm³/mol. The van der Waals surface area contributed by atoms with Crippen molar-refractivity contribution in [2.75, 3.05) is 65.8 Å². The normalized spacial score (nSPS) is 17.1. The van der Waals surface area contributed by atoms with Crippen LogP contribution in [0.5, 0.6) is 11.5 Å². The van der Waals surface area contributed by atoms with E-state index in [4.69, 9.17) is 18.9 Å². The lowest BCUT2D eigenvalue weighted by atomic mass is 10.1. The third kappa shape index (κ3) is 6.20. The van der Waals surface area contributed by atoms with E-state index in [1.807, 2.05) is 13.0 Å². The molecule has 166 valence electrons. The van der Waals surface area contributed by atoms with Crippen LogP contribution in [0.25, 0.3) is 6.08 Å². The summed E-state index contributed by atoms with van der Waals surface area (Å²) in [6.45, 7) is 6.17. The Hall–Kier alpha value is -3.09. The molecule has 1 aromatic rings. The number of hydrogen-bond acceptors (Lipinski definition) is 7. The zero-order valence-electron chi connectivity index (χ0n) is 17.7. The molecule has 0 atom stereocenters. The molecule has 2 amide bonds. The van der Waals surface area contributed by atoms with E-state index in [0.29, 0.717) is 76.3 Å². The average molecular weight is 429 g/mol. The van der Waals surface area contributed by atoms with Gasteiger partial charge in [-0.3, -0.25) is 9.59 Å². The molecule has 0 radical (unpaired) electrons. The Morgan fingerprint density at radius 1 is 1.03 bits per heavy atom. The van der Waals surface area contributed by atoms with Gasteiger partial charge in [0.15, 0.2) is 18.1 Å². The third-order valence-corrected chi connectivity index (χ3v) is 4.94. The summed E-state index contributed by atoms with van der Waals surface area (Å²) in [7, 11) is 0. The highest BCUT2D eigenvalue weighted by molar-refractivity contribution is 6.01. The number of nitriles is 1. The number of hydrogen-bond donors (Lipinski definition) is 0. The van der Waals surface area contributed by atoms with E-state index in [0.717, 1.165) is 0 Å². The van der Waals surface area contributed by atoms with Gasteiger partial charge >= 0.3 is 0 Å². The maximum Gasteiger partial charge on any atom is 0.264 e. The van der Waals surface area contributed by atoms with E-state index < -0.39 is 0 Å². The van der Waals surface area contributed by atoms with Crippen LogP contribution in [-0.2, 0) is 19.1 Å². The van der Waals surface area contributed by atoms with Crippen molar-refractivity contribution >= 4 is 17.9 Å². The van der Waals surface area contributed by atoms with Crippen molar-refractivity contribution in [3.8, 4) is 17.6 Å². The molecule has 0 bridgehead atoms. The molecular weight excluding hydrogens is 402 g/mol. The summed E-state index contributed by atoms with van der Waals surface area (Å²) >= 11 is 0. The van der Waals surface area contributed by atoms with E-state index in [2.05, 4.69) is 0 Å². The number of ether oxygens (including phenoxy) is 4. The molecular formula is C22H27N3O6. The monoisotopic (exact) mass is 429 g/mol. The van der Waals surface area contributed by atoms with Crippen molar-refractivity contribution in [1.29, 1.82) is 5.26 Å². The van der Waals surface area contributed by atoms with Gasteiger partial charge in [-0.05, 0) is 30.7 Å². The Morgan fingerprint density at radius 2 is 1.68 bits per heavy atom. The fraction of sp³-hybridized carbons (Fsp3) is 0.500. The molecule has 0 aliphatic carbocycles. The maximum absolute atomic E-state index is 12.6. The van der Waals surface area contributed by atoms with E-state index in [1.165, 1.54) is 6.08 Å². The first-order valence-electron chi connectivity index (χ1n) is 10.4. The molecule has 2 aliphatic heterocycles. The van der Waals surface area contributed by atoms with Crippen LogP contribution in [0.4, 0.5) is 0 Å². The van der Waals surface area contributed by atoms with Crippen LogP contribution in [0.1, 0.15) is 12.5 Å². The molecule has 0 saturated carbocycles. The minimum Gasteiger partial charge on any atom is -0.490 e. The molecule has 2 fully saturated rings. The second-order valence-electron chi connectivity index (χ2n) is 7.00. The molecule has 0 unspecified atom stereocenters. The fourth-order valence-electron chi connectivity index (χ4n) is 3.29. The first kappa shape index (κ1) is 22.6. The topological polar surface area (TPSA) is 101 Å². The van der Waals surface area contributed by atoms with Gasteiger partial charge in [0.2, 0.25) is 0 Å². The van der Waals surface area contributed by atoms with Gasteiger partial charge in [0, 0.05) is 26.2 Å². The zero-order valence-corrected chi connectivity index (χ0v) is 17.7. The smallest absolute Gasteiger partial charge is 0.264 e. The summed E-state index contributed by atoms with van der Waals surface area (Å²) in [4.78, 5) is 28.3. The van der Waals surface area contributed by atoms with Crippen LogP contribution in [0.2, 0.25) is 0 Å². The Morgan fingerprint density at radius 3 is 2.29 bits per heavy atom. The molecule has 2 aliphatic rings. The average Bonchev–Trinajstić information content (AvgIpc) is 2.82. The van der Waals surface area contributed by atoms with Crippen LogP contribution in [0.3, 0.4) is 0 Å². The molecule has 0 aromatic heterocycles. The van der Waals surface area contributed by atoms with Gasteiger partial charge in [-0.25, -0.2) is 0 Å². The van der Waals surface area contributed by atoms with Crippen molar-refractivity contribution in [3.05, 3.63) is 29.3 Å². The number of rotatable bonds is 7. The van der Waals surface area contributed by atoms with E-state index in [9.17, 15) is 14.9 Å². The number of carbonyl (C=O) groups is 2. The highest BCUT2D eigenvalue weighted by atomic mass is 16.5. The lowest BCUT2D eigenvalue weighted by Crippen LogP contribution is -2.43. The molecule has 2 saturated heterocycles. The van der Waals surface area contributed by atoms with Crippen LogP contribution in [-0.4, -0.2) is 87.4 Å². The van der Waals surface area contributed by atoms with Gasteiger partial charge in [0.05, 0.1) is 33.0 Å². The lowest BCUT2D eigenvalue weighted by molar-refractivity contribution is -0.137. The number of amides is 2. The van der Waals surface area contributed by atoms with Gasteiger partial charge in [-0.2, -0.15) is 5.26 Å². The van der Waals surface area contributed by atoms with Crippen molar-refractivity contribution in [2.24, 2.45) is 0 Å². The second-order valence-corrected chi connectivity index (χ2v) is 7.00. The fourth-order valence-corrected chi connectivity index (χ4v) is 3.29. The highest BCUT2D eigenvalue weighted by Gasteiger charge is 2.21. The summed E-state index contributed by atoms with van der Waals surface area (Å²) in [5.41, 5.74) is 0.675. The van der Waals surface area contributed by atoms with Crippen LogP contribution in [0, 0.1) is 11.3 Å². The third-order valence-electron chi connectivity index (χ3n) is 4.94. The maximum atomic E-state index is 12.6. The van der Waals surface area contributed by atoms with Gasteiger partial charge in [-0.15, -0.1) is 0 Å². The van der Waals surface area contributed by atoms with Crippen molar-refractivity contribution in [1.82, 2.24) is 9.80 Å². The predicted octanol–water partition coefficient (Wildman–Crippen LogP) is 1.09. The van der Waals surface area contributed by atoms with Crippen LogP contribution in [0.15, 0.2) is 23.8 Å². The molecule has 9 nitrogen and oxygen atoms in total. The number of nitrogens with zero attached hydrogens (tertiary/aromatic N) is 3.